The van der Waals surface area contributed by atoms with Gasteiger partial charge in [-0.25, -0.2) is 14.7 Å². The molecule has 26 heavy (non-hydrogen) atoms. The fraction of sp³-hybridized carbons (Fsp3) is 0.444. The number of fused-ring (bicyclic) bond motifs is 1. The smallest absolute Gasteiger partial charge is 0.309 e. The van der Waals surface area contributed by atoms with E-state index in [2.05, 4.69) is 6.07 Å². The number of likely N-dealkylation sites (tertiary alicyclic amines) is 1. The van der Waals surface area contributed by atoms with Crippen LogP contribution in [0.1, 0.15) is 37.7 Å². The van der Waals surface area contributed by atoms with Gasteiger partial charge in [-0.1, -0.05) is 12.1 Å². The molecule has 3 heterocycles. The summed E-state index contributed by atoms with van der Waals surface area (Å²) >= 11 is 1.67. The number of carbonyl (C=O) groups excluding carboxylic acids is 3. The van der Waals surface area contributed by atoms with Gasteiger partial charge in [0.15, 0.2) is 11.7 Å². The normalized spacial score (nSPS) is 23.9. The molecular weight excluding hydrogens is 352 g/mol. The molecule has 7 nitrogen and oxygen atoms in total. The number of benzene rings is 1. The third-order valence-corrected chi connectivity index (χ3v) is 6.20. The Kier molecular flexibility index (Phi) is 4.24. The molecule has 0 saturated carbocycles. The van der Waals surface area contributed by atoms with Crippen LogP contribution in [0.5, 0.6) is 0 Å². The largest absolute Gasteiger partial charge is 0.338 e. The van der Waals surface area contributed by atoms with Crippen LogP contribution in [-0.4, -0.2) is 51.9 Å². The van der Waals surface area contributed by atoms with Crippen LogP contribution in [0.25, 0.3) is 10.2 Å². The third-order valence-electron chi connectivity index (χ3n) is 5.05. The van der Waals surface area contributed by atoms with E-state index < -0.39 is 17.8 Å². The van der Waals surface area contributed by atoms with E-state index in [9.17, 15) is 14.4 Å². The summed E-state index contributed by atoms with van der Waals surface area (Å²) in [6.45, 7) is 4.54. The average molecular weight is 373 g/mol. The summed E-state index contributed by atoms with van der Waals surface area (Å²) in [5, 5.41) is 1.03. The van der Waals surface area contributed by atoms with Crippen LogP contribution < -0.4 is 4.90 Å². The van der Waals surface area contributed by atoms with Crippen molar-refractivity contribution in [3.05, 3.63) is 29.3 Å². The summed E-state index contributed by atoms with van der Waals surface area (Å²) in [7, 11) is 0. The molecule has 2 atom stereocenters. The van der Waals surface area contributed by atoms with Gasteiger partial charge in [0.1, 0.15) is 6.04 Å². The summed E-state index contributed by atoms with van der Waals surface area (Å²) in [5.41, 5.74) is 0.980. The Bertz CT molecular complexity index is 860. The van der Waals surface area contributed by atoms with Gasteiger partial charge in [0.05, 0.1) is 16.8 Å². The predicted octanol–water partition coefficient (Wildman–Crippen LogP) is 1.17. The first kappa shape index (κ1) is 17.1. The fourth-order valence-corrected chi connectivity index (χ4v) is 4.92. The van der Waals surface area contributed by atoms with Crippen molar-refractivity contribution < 1.29 is 19.3 Å². The highest BCUT2D eigenvalue weighted by Gasteiger charge is 2.48. The van der Waals surface area contributed by atoms with Gasteiger partial charge in [-0.05, 0) is 26.0 Å². The number of aromatic nitrogens is 1. The third kappa shape index (κ3) is 2.69. The van der Waals surface area contributed by atoms with Crippen molar-refractivity contribution in [3.63, 3.8) is 0 Å². The van der Waals surface area contributed by atoms with Crippen molar-refractivity contribution in [2.75, 3.05) is 13.2 Å². The molecule has 2 aliphatic heterocycles. The minimum absolute atomic E-state index is 0.149. The van der Waals surface area contributed by atoms with Crippen LogP contribution in [0.4, 0.5) is 4.79 Å². The molecule has 1 N–H and O–H groups in total. The lowest BCUT2D eigenvalue weighted by Crippen LogP contribution is -3.12. The van der Waals surface area contributed by atoms with Crippen LogP contribution in [0, 0.1) is 0 Å². The molecule has 8 heteroatoms. The Morgan fingerprint density at radius 3 is 2.69 bits per heavy atom. The first-order chi connectivity index (χ1) is 12.5. The fourth-order valence-electron chi connectivity index (χ4n) is 3.76. The maximum atomic E-state index is 12.5. The number of nitrogens with zero attached hydrogens (tertiary/aromatic N) is 3. The quantitative estimate of drug-likeness (QED) is 0.645. The van der Waals surface area contributed by atoms with Gasteiger partial charge >= 0.3 is 17.8 Å². The minimum Gasteiger partial charge on any atom is -0.309 e. The topological polar surface area (TPSA) is 75.0 Å². The monoisotopic (exact) mass is 373 g/mol. The maximum Gasteiger partial charge on any atom is 0.338 e. The van der Waals surface area contributed by atoms with Gasteiger partial charge in [0.25, 0.3) is 0 Å². The Hall–Kier alpha value is -2.32. The SMILES string of the molecule is CC(C)N1C(=O)C(=O)N(C[NH+]2CCC[C@H]2c2nc3ccccc3s2)C1=O. The van der Waals surface area contributed by atoms with Gasteiger partial charge < -0.3 is 4.90 Å². The molecule has 2 aromatic rings. The highest BCUT2D eigenvalue weighted by molar-refractivity contribution is 7.18. The molecule has 2 saturated heterocycles. The second-order valence-electron chi connectivity index (χ2n) is 7.07. The molecule has 1 unspecified atom stereocenters. The molecule has 2 fully saturated rings. The number of urea groups is 1. The summed E-state index contributed by atoms with van der Waals surface area (Å²) < 4.78 is 1.14. The molecule has 0 aliphatic carbocycles. The Morgan fingerprint density at radius 1 is 1.23 bits per heavy atom. The summed E-state index contributed by atoms with van der Waals surface area (Å²) in [6, 6.07) is 7.34. The van der Waals surface area contributed by atoms with Crippen molar-refractivity contribution in [1.82, 2.24) is 14.8 Å². The highest BCUT2D eigenvalue weighted by Crippen LogP contribution is 2.28. The van der Waals surface area contributed by atoms with Gasteiger partial charge in [0, 0.05) is 18.9 Å². The van der Waals surface area contributed by atoms with Crippen LogP contribution in [-0.2, 0) is 9.59 Å². The Labute approximate surface area is 155 Å². The van der Waals surface area contributed by atoms with E-state index in [0.717, 1.165) is 49.3 Å². The molecule has 1 aromatic heterocycles. The molecule has 0 radical (unpaired) electrons. The molecule has 2 aliphatic rings. The number of para-hydroxylation sites is 1. The molecule has 4 rings (SSSR count). The van der Waals surface area contributed by atoms with Crippen LogP contribution >= 0.6 is 11.3 Å². The Morgan fingerprint density at radius 2 is 2.00 bits per heavy atom. The van der Waals surface area contributed by atoms with Crippen molar-refractivity contribution in [2.45, 2.75) is 38.8 Å². The van der Waals surface area contributed by atoms with E-state index in [1.807, 2.05) is 18.2 Å². The number of hydrogen-bond donors (Lipinski definition) is 1. The van der Waals surface area contributed by atoms with Gasteiger partial charge in [-0.3, -0.25) is 14.5 Å². The van der Waals surface area contributed by atoms with Gasteiger partial charge in [0.2, 0.25) is 0 Å². The molecule has 0 spiro atoms. The van der Waals surface area contributed by atoms with Crippen molar-refractivity contribution in [2.24, 2.45) is 0 Å². The average Bonchev–Trinajstić information content (AvgIpc) is 3.28. The molecule has 1 aromatic carbocycles. The van der Waals surface area contributed by atoms with E-state index in [1.54, 1.807) is 25.2 Å². The molecule has 136 valence electrons. The second-order valence-corrected chi connectivity index (χ2v) is 8.13. The standard InChI is InChI=1S/C18H20N4O3S/c1-11(2)22-17(24)16(23)21(18(22)25)10-20-9-5-7-13(20)15-19-12-6-3-4-8-14(12)26-15/h3-4,6,8,11,13H,5,7,9-10H2,1-2H3/p+1/t13-/m0/s1. The zero-order valence-corrected chi connectivity index (χ0v) is 15.6. The molecule has 4 amide bonds. The van der Waals surface area contributed by atoms with Crippen LogP contribution in [0.2, 0.25) is 0 Å². The van der Waals surface area contributed by atoms with Crippen LogP contribution in [0.15, 0.2) is 24.3 Å². The number of thiazole rings is 1. The number of hydrogen-bond acceptors (Lipinski definition) is 5. The van der Waals surface area contributed by atoms with Gasteiger partial charge in [-0.15, -0.1) is 11.3 Å². The highest BCUT2D eigenvalue weighted by atomic mass is 32.1. The van der Waals surface area contributed by atoms with E-state index in [0.29, 0.717) is 0 Å². The lowest BCUT2D eigenvalue weighted by molar-refractivity contribution is -0.925. The number of rotatable bonds is 4. The van der Waals surface area contributed by atoms with Crippen molar-refractivity contribution >= 4 is 39.4 Å². The summed E-state index contributed by atoms with van der Waals surface area (Å²) in [6.07, 6.45) is 1.97. The van der Waals surface area contributed by atoms with E-state index in [1.165, 1.54) is 0 Å². The first-order valence-electron chi connectivity index (χ1n) is 8.86. The van der Waals surface area contributed by atoms with E-state index >= 15 is 0 Å². The van der Waals surface area contributed by atoms with Gasteiger partial charge in [-0.2, -0.15) is 0 Å². The zero-order valence-electron chi connectivity index (χ0n) is 14.8. The molecular formula is C18H21N4O3S+. The lowest BCUT2D eigenvalue weighted by atomic mass is 10.2. The Balaban J connectivity index is 1.57. The number of amides is 4. The predicted molar refractivity (Wildman–Crippen MR) is 96.5 cm³/mol. The lowest BCUT2D eigenvalue weighted by Gasteiger charge is -2.24. The van der Waals surface area contributed by atoms with E-state index in [4.69, 9.17) is 4.98 Å². The number of quaternary nitrogens is 1. The zero-order chi connectivity index (χ0) is 18.4. The van der Waals surface area contributed by atoms with Crippen molar-refractivity contribution in [1.29, 1.82) is 0 Å². The summed E-state index contributed by atoms with van der Waals surface area (Å²) in [4.78, 5) is 44.9. The number of nitrogens with one attached hydrogen (secondary N) is 1. The summed E-state index contributed by atoms with van der Waals surface area (Å²) in [5.74, 6) is -1.44. The van der Waals surface area contributed by atoms with Crippen LogP contribution in [0.3, 0.4) is 0 Å². The second kappa shape index (κ2) is 6.44. The maximum absolute atomic E-state index is 12.5. The molecule has 0 bridgehead atoms. The number of imide groups is 2. The first-order valence-corrected chi connectivity index (χ1v) is 9.68. The minimum atomic E-state index is -0.722. The number of carbonyl (C=O) groups is 3. The van der Waals surface area contributed by atoms with E-state index in [-0.39, 0.29) is 18.8 Å². The van der Waals surface area contributed by atoms with Crippen molar-refractivity contribution in [3.8, 4) is 0 Å².